The molecule has 0 unspecified atom stereocenters. The molecule has 2 aromatic heterocycles. The molecule has 0 saturated heterocycles. The predicted molar refractivity (Wildman–Crippen MR) is 61.1 cm³/mol. The molecule has 76 valence electrons. The Labute approximate surface area is 92.0 Å². The highest BCUT2D eigenvalue weighted by atomic mass is 32.1. The van der Waals surface area contributed by atoms with Gasteiger partial charge in [0.2, 0.25) is 0 Å². The minimum atomic E-state index is 0.334. The predicted octanol–water partition coefficient (Wildman–Crippen LogP) is 2.82. The van der Waals surface area contributed by atoms with Crippen LogP contribution in [0.15, 0.2) is 23.7 Å². The quantitative estimate of drug-likeness (QED) is 0.791. The maximum absolute atomic E-state index is 11.7. The van der Waals surface area contributed by atoms with Crippen LogP contribution < -0.4 is 0 Å². The van der Waals surface area contributed by atoms with E-state index in [-0.39, 0.29) is 0 Å². The standard InChI is InChI=1S/C12H11NOS/c14-11(8-1-2-8)7-10-9-4-6-15-12(9)3-5-13-10/h3-6,8H,1-2,7H2. The highest BCUT2D eigenvalue weighted by molar-refractivity contribution is 7.17. The van der Waals surface area contributed by atoms with Gasteiger partial charge in [0.25, 0.3) is 0 Å². The second-order valence-corrected chi connectivity index (χ2v) is 4.96. The zero-order valence-corrected chi connectivity index (χ0v) is 9.09. The number of Topliss-reactive ketones (excluding diaryl/α,β-unsaturated/α-hetero) is 1. The summed E-state index contributed by atoms with van der Waals surface area (Å²) in [5, 5.41) is 3.20. The fraction of sp³-hybridized carbons (Fsp3) is 0.333. The van der Waals surface area contributed by atoms with Crippen LogP contribution in [0.3, 0.4) is 0 Å². The summed E-state index contributed by atoms with van der Waals surface area (Å²) in [7, 11) is 0. The number of carbonyl (C=O) groups is 1. The molecule has 2 aromatic rings. The molecular formula is C12H11NOS. The summed E-state index contributed by atoms with van der Waals surface area (Å²) in [5.41, 5.74) is 0.950. The molecule has 0 aliphatic heterocycles. The van der Waals surface area contributed by atoms with Crippen molar-refractivity contribution in [2.75, 3.05) is 0 Å². The molecule has 0 aromatic carbocycles. The molecule has 0 atom stereocenters. The summed E-state index contributed by atoms with van der Waals surface area (Å²) in [6.07, 6.45) is 4.48. The number of hydrogen-bond donors (Lipinski definition) is 0. The molecule has 0 spiro atoms. The van der Waals surface area contributed by atoms with Crippen molar-refractivity contribution in [3.05, 3.63) is 29.4 Å². The van der Waals surface area contributed by atoms with Gasteiger partial charge in [-0.15, -0.1) is 11.3 Å². The minimum Gasteiger partial charge on any atom is -0.299 e. The molecule has 3 heteroatoms. The summed E-state index contributed by atoms with van der Waals surface area (Å²) in [4.78, 5) is 16.0. The second-order valence-electron chi connectivity index (χ2n) is 4.01. The molecule has 1 fully saturated rings. The van der Waals surface area contributed by atoms with Crippen molar-refractivity contribution in [3.8, 4) is 0 Å². The van der Waals surface area contributed by atoms with Gasteiger partial charge in [-0.2, -0.15) is 0 Å². The fourth-order valence-corrected chi connectivity index (χ4v) is 2.61. The third-order valence-electron chi connectivity index (χ3n) is 2.84. The van der Waals surface area contributed by atoms with E-state index in [0.717, 1.165) is 23.9 Å². The van der Waals surface area contributed by atoms with Crippen LogP contribution in [-0.4, -0.2) is 10.8 Å². The largest absolute Gasteiger partial charge is 0.299 e. The van der Waals surface area contributed by atoms with Gasteiger partial charge < -0.3 is 0 Å². The molecule has 1 aliphatic rings. The number of ketones is 1. The van der Waals surface area contributed by atoms with E-state index >= 15 is 0 Å². The highest BCUT2D eigenvalue weighted by Gasteiger charge is 2.29. The molecule has 3 rings (SSSR count). The van der Waals surface area contributed by atoms with Gasteiger partial charge in [0, 0.05) is 28.6 Å². The number of fused-ring (bicyclic) bond motifs is 1. The number of thiophene rings is 1. The molecule has 0 bridgehead atoms. The topological polar surface area (TPSA) is 30.0 Å². The molecule has 0 amide bonds. The molecule has 0 N–H and O–H groups in total. The van der Waals surface area contributed by atoms with E-state index in [1.165, 1.54) is 4.70 Å². The SMILES string of the molecule is O=C(Cc1nccc2sccc12)C1CC1. The van der Waals surface area contributed by atoms with Crippen molar-refractivity contribution in [2.24, 2.45) is 5.92 Å². The Balaban J connectivity index is 1.95. The lowest BCUT2D eigenvalue weighted by Gasteiger charge is -2.00. The first-order valence-corrected chi connectivity index (χ1v) is 6.06. The smallest absolute Gasteiger partial charge is 0.141 e. The fourth-order valence-electron chi connectivity index (χ4n) is 1.81. The molecule has 0 radical (unpaired) electrons. The zero-order chi connectivity index (χ0) is 10.3. The Morgan fingerprint density at radius 3 is 3.13 bits per heavy atom. The Bertz CT molecular complexity index is 513. The van der Waals surface area contributed by atoms with Crippen molar-refractivity contribution in [1.82, 2.24) is 4.98 Å². The first-order valence-electron chi connectivity index (χ1n) is 5.18. The van der Waals surface area contributed by atoms with Gasteiger partial charge in [0.15, 0.2) is 0 Å². The van der Waals surface area contributed by atoms with Crippen LogP contribution >= 0.6 is 11.3 Å². The third kappa shape index (κ3) is 1.67. The molecule has 2 heterocycles. The van der Waals surface area contributed by atoms with E-state index < -0.39 is 0 Å². The molecule has 1 saturated carbocycles. The van der Waals surface area contributed by atoms with Gasteiger partial charge in [0.05, 0.1) is 5.69 Å². The number of nitrogens with zero attached hydrogens (tertiary/aromatic N) is 1. The van der Waals surface area contributed by atoms with Crippen LogP contribution in [0.2, 0.25) is 0 Å². The zero-order valence-electron chi connectivity index (χ0n) is 8.27. The summed E-state index contributed by atoms with van der Waals surface area (Å²) in [5.74, 6) is 0.696. The number of hydrogen-bond acceptors (Lipinski definition) is 3. The first kappa shape index (κ1) is 9.04. The molecular weight excluding hydrogens is 206 g/mol. The minimum absolute atomic E-state index is 0.334. The monoisotopic (exact) mass is 217 g/mol. The second kappa shape index (κ2) is 3.42. The Kier molecular flexibility index (Phi) is 2.06. The van der Waals surface area contributed by atoms with Crippen LogP contribution in [0.5, 0.6) is 0 Å². The summed E-state index contributed by atoms with van der Waals surface area (Å²) in [6.45, 7) is 0. The summed E-state index contributed by atoms with van der Waals surface area (Å²) in [6, 6.07) is 4.06. The van der Waals surface area contributed by atoms with Crippen molar-refractivity contribution < 1.29 is 4.79 Å². The van der Waals surface area contributed by atoms with Gasteiger partial charge in [-0.25, -0.2) is 0 Å². The van der Waals surface area contributed by atoms with Crippen LogP contribution in [0.1, 0.15) is 18.5 Å². The van der Waals surface area contributed by atoms with Crippen molar-refractivity contribution in [1.29, 1.82) is 0 Å². The van der Waals surface area contributed by atoms with Gasteiger partial charge in [-0.3, -0.25) is 9.78 Å². The Morgan fingerprint density at radius 1 is 1.47 bits per heavy atom. The van der Waals surface area contributed by atoms with Gasteiger partial charge >= 0.3 is 0 Å². The number of carbonyl (C=O) groups excluding carboxylic acids is 1. The van der Waals surface area contributed by atoms with Gasteiger partial charge in [-0.1, -0.05) is 0 Å². The lowest BCUT2D eigenvalue weighted by molar-refractivity contribution is -0.119. The van der Waals surface area contributed by atoms with Crippen LogP contribution in [0.25, 0.3) is 10.1 Å². The first-order chi connectivity index (χ1) is 7.34. The van der Waals surface area contributed by atoms with E-state index in [0.29, 0.717) is 18.1 Å². The summed E-state index contributed by atoms with van der Waals surface area (Å²) >= 11 is 1.70. The lowest BCUT2D eigenvalue weighted by atomic mass is 10.1. The molecule has 15 heavy (non-hydrogen) atoms. The maximum Gasteiger partial charge on any atom is 0.141 e. The van der Waals surface area contributed by atoms with Gasteiger partial charge in [-0.05, 0) is 30.4 Å². The van der Waals surface area contributed by atoms with Crippen LogP contribution in [0.4, 0.5) is 0 Å². The number of pyridine rings is 1. The Morgan fingerprint density at radius 2 is 2.33 bits per heavy atom. The Hall–Kier alpha value is -1.22. The van der Waals surface area contributed by atoms with E-state index in [9.17, 15) is 4.79 Å². The maximum atomic E-state index is 11.7. The molecule has 1 aliphatic carbocycles. The van der Waals surface area contributed by atoms with Gasteiger partial charge in [0.1, 0.15) is 5.78 Å². The van der Waals surface area contributed by atoms with Crippen molar-refractivity contribution >= 4 is 27.2 Å². The van der Waals surface area contributed by atoms with E-state index in [1.807, 2.05) is 6.07 Å². The van der Waals surface area contributed by atoms with E-state index in [4.69, 9.17) is 0 Å². The van der Waals surface area contributed by atoms with Crippen LogP contribution in [-0.2, 0) is 11.2 Å². The van der Waals surface area contributed by atoms with Crippen molar-refractivity contribution in [3.63, 3.8) is 0 Å². The van der Waals surface area contributed by atoms with E-state index in [1.54, 1.807) is 17.5 Å². The molecule has 2 nitrogen and oxygen atoms in total. The number of rotatable bonds is 3. The lowest BCUT2D eigenvalue weighted by Crippen LogP contribution is -2.06. The number of aromatic nitrogens is 1. The van der Waals surface area contributed by atoms with E-state index in [2.05, 4.69) is 16.4 Å². The third-order valence-corrected chi connectivity index (χ3v) is 3.72. The van der Waals surface area contributed by atoms with Crippen molar-refractivity contribution in [2.45, 2.75) is 19.3 Å². The average Bonchev–Trinajstić information content (AvgIpc) is 2.97. The summed E-state index contributed by atoms with van der Waals surface area (Å²) < 4.78 is 1.23. The van der Waals surface area contributed by atoms with Crippen LogP contribution in [0, 0.1) is 5.92 Å². The normalized spacial score (nSPS) is 15.7. The highest BCUT2D eigenvalue weighted by Crippen LogP contribution is 2.32. The average molecular weight is 217 g/mol.